The molecule has 1 aromatic heterocycles. The molecule has 0 radical (unpaired) electrons. The van der Waals surface area contributed by atoms with Crippen molar-refractivity contribution in [2.45, 2.75) is 25.8 Å². The Bertz CT molecular complexity index is 1180. The van der Waals surface area contributed by atoms with E-state index in [1.54, 1.807) is 18.1 Å². The summed E-state index contributed by atoms with van der Waals surface area (Å²) < 4.78 is 11.6. The lowest BCUT2D eigenvalue weighted by atomic mass is 9.97. The van der Waals surface area contributed by atoms with Crippen LogP contribution >= 0.6 is 0 Å². The Balaban J connectivity index is 1.92. The fourth-order valence-corrected chi connectivity index (χ4v) is 4.29. The second-order valence-corrected chi connectivity index (χ2v) is 8.16. The van der Waals surface area contributed by atoms with Crippen LogP contribution in [0.4, 0.5) is 0 Å². The predicted molar refractivity (Wildman–Crippen MR) is 121 cm³/mol. The Morgan fingerprint density at radius 2 is 1.90 bits per heavy atom. The SMILES string of the molecule is CCc1ccc2oc3c(c(=O)c2c1)C(c1ccccc1OC)N(CCCN(C)C)C3=O. The van der Waals surface area contributed by atoms with E-state index in [1.807, 2.05) is 57.4 Å². The topological polar surface area (TPSA) is 63.0 Å². The molecule has 0 aliphatic carbocycles. The highest BCUT2D eigenvalue weighted by molar-refractivity contribution is 5.99. The van der Waals surface area contributed by atoms with Gasteiger partial charge in [-0.25, -0.2) is 0 Å². The van der Waals surface area contributed by atoms with Gasteiger partial charge in [0.25, 0.3) is 5.91 Å². The normalized spacial score (nSPS) is 15.7. The van der Waals surface area contributed by atoms with Crippen LogP contribution < -0.4 is 10.2 Å². The second kappa shape index (κ2) is 8.55. The lowest BCUT2D eigenvalue weighted by molar-refractivity contribution is 0.0721. The van der Waals surface area contributed by atoms with Gasteiger partial charge in [-0.15, -0.1) is 0 Å². The van der Waals surface area contributed by atoms with Crippen molar-refractivity contribution in [3.63, 3.8) is 0 Å². The van der Waals surface area contributed by atoms with Crippen LogP contribution in [-0.2, 0) is 6.42 Å². The molecular weight excluding hydrogens is 392 g/mol. The number of nitrogens with zero attached hydrogens (tertiary/aromatic N) is 2. The third-order valence-electron chi connectivity index (χ3n) is 5.88. The molecule has 31 heavy (non-hydrogen) atoms. The molecule has 1 unspecified atom stereocenters. The monoisotopic (exact) mass is 420 g/mol. The summed E-state index contributed by atoms with van der Waals surface area (Å²) in [6.07, 6.45) is 1.60. The molecule has 0 saturated carbocycles. The minimum atomic E-state index is -0.535. The fourth-order valence-electron chi connectivity index (χ4n) is 4.29. The molecule has 0 fully saturated rings. The van der Waals surface area contributed by atoms with E-state index in [4.69, 9.17) is 9.15 Å². The number of carbonyl (C=O) groups is 1. The molecule has 3 aromatic rings. The second-order valence-electron chi connectivity index (χ2n) is 8.16. The number of hydrogen-bond donors (Lipinski definition) is 0. The molecule has 4 rings (SSSR count). The highest BCUT2D eigenvalue weighted by atomic mass is 16.5. The van der Waals surface area contributed by atoms with E-state index in [0.29, 0.717) is 28.8 Å². The maximum Gasteiger partial charge on any atom is 0.290 e. The lowest BCUT2D eigenvalue weighted by Gasteiger charge is -2.26. The summed E-state index contributed by atoms with van der Waals surface area (Å²) in [5.41, 5.74) is 2.55. The number of methoxy groups -OCH3 is 1. The highest BCUT2D eigenvalue weighted by Crippen LogP contribution is 2.41. The van der Waals surface area contributed by atoms with E-state index in [9.17, 15) is 9.59 Å². The number of rotatable bonds is 7. The zero-order valence-electron chi connectivity index (χ0n) is 18.5. The molecule has 1 atom stereocenters. The summed E-state index contributed by atoms with van der Waals surface area (Å²) >= 11 is 0. The van der Waals surface area contributed by atoms with E-state index >= 15 is 0 Å². The van der Waals surface area contributed by atoms with Gasteiger partial charge in [0.2, 0.25) is 5.76 Å². The van der Waals surface area contributed by atoms with Crippen LogP contribution in [0.2, 0.25) is 0 Å². The van der Waals surface area contributed by atoms with E-state index in [-0.39, 0.29) is 17.1 Å². The van der Waals surface area contributed by atoms with Gasteiger partial charge in [-0.05, 0) is 57.2 Å². The first-order chi connectivity index (χ1) is 15.0. The van der Waals surface area contributed by atoms with Gasteiger partial charge < -0.3 is 19.0 Å². The van der Waals surface area contributed by atoms with Crippen molar-refractivity contribution in [3.8, 4) is 5.75 Å². The lowest BCUT2D eigenvalue weighted by Crippen LogP contribution is -2.32. The van der Waals surface area contributed by atoms with Gasteiger partial charge in [-0.1, -0.05) is 31.2 Å². The van der Waals surface area contributed by atoms with E-state index in [1.165, 1.54) is 0 Å². The smallest absolute Gasteiger partial charge is 0.290 e. The van der Waals surface area contributed by atoms with Crippen LogP contribution in [0.25, 0.3) is 11.0 Å². The summed E-state index contributed by atoms with van der Waals surface area (Å²) in [7, 11) is 5.60. The summed E-state index contributed by atoms with van der Waals surface area (Å²) in [5.74, 6) is 0.540. The van der Waals surface area contributed by atoms with Crippen molar-refractivity contribution in [2.75, 3.05) is 34.3 Å². The van der Waals surface area contributed by atoms with Gasteiger partial charge in [-0.3, -0.25) is 9.59 Å². The van der Waals surface area contributed by atoms with E-state index in [0.717, 1.165) is 30.5 Å². The Hall–Kier alpha value is -3.12. The number of hydrogen-bond acceptors (Lipinski definition) is 5. The third-order valence-corrected chi connectivity index (χ3v) is 5.88. The Morgan fingerprint density at radius 1 is 1.13 bits per heavy atom. The molecule has 162 valence electrons. The summed E-state index contributed by atoms with van der Waals surface area (Å²) in [4.78, 5) is 30.9. The van der Waals surface area contributed by atoms with Gasteiger partial charge in [0.1, 0.15) is 11.3 Å². The molecule has 1 aliphatic heterocycles. The van der Waals surface area contributed by atoms with Crippen molar-refractivity contribution in [1.82, 2.24) is 9.80 Å². The highest BCUT2D eigenvalue weighted by Gasteiger charge is 2.43. The molecule has 0 bridgehead atoms. The summed E-state index contributed by atoms with van der Waals surface area (Å²) in [5, 5.41) is 0.515. The van der Waals surface area contributed by atoms with Gasteiger partial charge >= 0.3 is 0 Å². The molecule has 6 heteroatoms. The van der Waals surface area contributed by atoms with Crippen LogP contribution in [0.5, 0.6) is 5.75 Å². The van der Waals surface area contributed by atoms with Gasteiger partial charge in [-0.2, -0.15) is 0 Å². The molecule has 6 nitrogen and oxygen atoms in total. The van der Waals surface area contributed by atoms with Crippen LogP contribution in [0, 0.1) is 0 Å². The number of ether oxygens (including phenoxy) is 1. The van der Waals surface area contributed by atoms with Crippen LogP contribution in [0.1, 0.15) is 46.6 Å². The van der Waals surface area contributed by atoms with Crippen molar-refractivity contribution < 1.29 is 13.9 Å². The minimum Gasteiger partial charge on any atom is -0.496 e. The number of para-hydroxylation sites is 1. The molecule has 2 aromatic carbocycles. The maximum atomic E-state index is 13.7. The van der Waals surface area contributed by atoms with E-state index < -0.39 is 6.04 Å². The molecule has 0 saturated heterocycles. The largest absolute Gasteiger partial charge is 0.496 e. The van der Waals surface area contributed by atoms with Gasteiger partial charge in [0, 0.05) is 12.1 Å². The Kier molecular flexibility index (Phi) is 5.83. The van der Waals surface area contributed by atoms with Crippen molar-refractivity contribution >= 4 is 16.9 Å². The number of aryl methyl sites for hydroxylation is 1. The Morgan fingerprint density at radius 3 is 2.61 bits per heavy atom. The number of amides is 1. The predicted octanol–water partition coefficient (Wildman–Crippen LogP) is 3.86. The molecule has 1 aliphatic rings. The zero-order chi connectivity index (χ0) is 22.1. The van der Waals surface area contributed by atoms with Crippen molar-refractivity contribution in [1.29, 1.82) is 0 Å². The molecule has 0 N–H and O–H groups in total. The number of carbonyl (C=O) groups excluding carboxylic acids is 1. The average Bonchev–Trinajstić information content (AvgIpc) is 3.05. The first-order valence-corrected chi connectivity index (χ1v) is 10.6. The van der Waals surface area contributed by atoms with Gasteiger partial charge in [0.05, 0.1) is 24.1 Å². The molecular formula is C25H28N2O4. The fraction of sp³-hybridized carbons (Fsp3) is 0.360. The number of benzene rings is 2. The van der Waals surface area contributed by atoms with Crippen LogP contribution in [-0.4, -0.2) is 50.0 Å². The minimum absolute atomic E-state index is 0.141. The van der Waals surface area contributed by atoms with E-state index in [2.05, 4.69) is 4.90 Å². The summed E-state index contributed by atoms with van der Waals surface area (Å²) in [6, 6.07) is 12.6. The Labute approximate surface area is 182 Å². The van der Waals surface area contributed by atoms with Crippen LogP contribution in [0.3, 0.4) is 0 Å². The van der Waals surface area contributed by atoms with Gasteiger partial charge in [0.15, 0.2) is 5.43 Å². The number of fused-ring (bicyclic) bond motifs is 2. The third kappa shape index (κ3) is 3.72. The first kappa shape index (κ1) is 21.1. The summed E-state index contributed by atoms with van der Waals surface area (Å²) in [6.45, 7) is 3.39. The van der Waals surface area contributed by atoms with Crippen molar-refractivity contribution in [2.24, 2.45) is 0 Å². The molecule has 2 heterocycles. The first-order valence-electron chi connectivity index (χ1n) is 10.6. The van der Waals surface area contributed by atoms with Crippen molar-refractivity contribution in [3.05, 3.63) is 75.1 Å². The quantitative estimate of drug-likeness (QED) is 0.581. The van der Waals surface area contributed by atoms with Crippen LogP contribution in [0.15, 0.2) is 51.7 Å². The average molecular weight is 421 g/mol. The maximum absolute atomic E-state index is 13.7. The molecule has 0 spiro atoms. The zero-order valence-corrected chi connectivity index (χ0v) is 18.5. The standard InChI is InChI=1S/C25H28N2O4/c1-5-16-11-12-20-18(15-16)23(28)21-22(17-9-6-7-10-19(17)30-4)27(14-8-13-26(2)3)25(29)24(21)31-20/h6-7,9-12,15,22H,5,8,13-14H2,1-4H3. The molecule has 1 amide bonds.